The van der Waals surface area contributed by atoms with Crippen LogP contribution in [0.3, 0.4) is 0 Å². The Morgan fingerprint density at radius 3 is 2.36 bits per heavy atom. The average molecular weight is 320 g/mol. The fourth-order valence-corrected chi connectivity index (χ4v) is 3.22. The van der Waals surface area contributed by atoms with Crippen LogP contribution >= 0.6 is 11.8 Å². The number of hydrogen-bond donors (Lipinski definition) is 0. The topological polar surface area (TPSA) is 100 Å². The van der Waals surface area contributed by atoms with Gasteiger partial charge in [0.15, 0.2) is 11.5 Å². The quantitative estimate of drug-likeness (QED) is 0.434. The molecule has 0 amide bonds. The number of carbonyl (C=O) groups excluding carboxylic acids is 2. The second-order valence-electron chi connectivity index (χ2n) is 4.45. The second-order valence-corrected chi connectivity index (χ2v) is 5.27. The van der Waals surface area contributed by atoms with Crippen LogP contribution in [0, 0.1) is 28.6 Å². The van der Waals surface area contributed by atoms with Crippen molar-refractivity contribution in [1.29, 1.82) is 10.5 Å². The summed E-state index contributed by atoms with van der Waals surface area (Å²) in [6.45, 7) is 0. The molecule has 0 bridgehead atoms. The van der Waals surface area contributed by atoms with Gasteiger partial charge in [-0.2, -0.15) is 10.5 Å². The van der Waals surface area contributed by atoms with Crippen molar-refractivity contribution in [1.82, 2.24) is 0 Å². The van der Waals surface area contributed by atoms with Crippen LogP contribution in [0.25, 0.3) is 0 Å². The zero-order chi connectivity index (χ0) is 16.7. The smallest absolute Gasteiger partial charge is 0.349 e. The monoisotopic (exact) mass is 320 g/mol. The molecule has 0 saturated carbocycles. The lowest BCUT2D eigenvalue weighted by molar-refractivity contribution is -0.142. The van der Waals surface area contributed by atoms with Crippen LogP contribution < -0.4 is 0 Å². The van der Waals surface area contributed by atoms with Crippen LogP contribution in [-0.2, 0) is 19.1 Å². The molecule has 0 aliphatic heterocycles. The van der Waals surface area contributed by atoms with E-state index in [1.165, 1.54) is 26.0 Å². The number of hydrogen-bond acceptors (Lipinski definition) is 7. The van der Waals surface area contributed by atoms with Gasteiger partial charge in [-0.3, -0.25) is 4.79 Å². The number of rotatable bonds is 5. The van der Waals surface area contributed by atoms with Gasteiger partial charge in [0.1, 0.15) is 6.07 Å². The molecule has 22 heavy (non-hydrogen) atoms. The molecule has 1 unspecified atom stereocenters. The summed E-state index contributed by atoms with van der Waals surface area (Å²) in [7, 11) is 2.43. The highest BCUT2D eigenvalue weighted by atomic mass is 32.2. The first-order valence-electron chi connectivity index (χ1n) is 6.52. The van der Waals surface area contributed by atoms with Crippen LogP contribution in [-0.4, -0.2) is 32.4 Å². The van der Waals surface area contributed by atoms with Gasteiger partial charge in [-0.1, -0.05) is 0 Å². The van der Waals surface area contributed by atoms with Crippen molar-refractivity contribution in [2.24, 2.45) is 5.92 Å². The molecule has 0 N–H and O–H groups in total. The van der Waals surface area contributed by atoms with E-state index in [2.05, 4.69) is 9.47 Å². The number of methoxy groups -OCH3 is 2. The zero-order valence-corrected chi connectivity index (χ0v) is 13.5. The van der Waals surface area contributed by atoms with Crippen molar-refractivity contribution in [3.63, 3.8) is 0 Å². The fourth-order valence-electron chi connectivity index (χ4n) is 2.40. The van der Waals surface area contributed by atoms with Crippen molar-refractivity contribution in [2.75, 3.05) is 20.5 Å². The molecule has 0 aromatic heterocycles. The number of nitrogens with zero attached hydrogens (tertiary/aromatic N) is 2. The molecular weight excluding hydrogens is 304 g/mol. The molecule has 0 radical (unpaired) electrons. The third-order valence-electron chi connectivity index (χ3n) is 3.38. The molecule has 6 nitrogen and oxygen atoms in total. The molecule has 0 aromatic rings. The van der Waals surface area contributed by atoms with Crippen LogP contribution in [0.4, 0.5) is 0 Å². The van der Waals surface area contributed by atoms with E-state index < -0.39 is 17.9 Å². The van der Waals surface area contributed by atoms with E-state index in [0.29, 0.717) is 28.9 Å². The lowest BCUT2D eigenvalue weighted by Gasteiger charge is -2.14. The highest BCUT2D eigenvalue weighted by molar-refractivity contribution is 8.02. The molecule has 1 aliphatic carbocycles. The van der Waals surface area contributed by atoms with E-state index in [-0.39, 0.29) is 5.57 Å². The zero-order valence-electron chi connectivity index (χ0n) is 12.6. The molecular formula is C15H16N2O4S. The highest BCUT2D eigenvalue weighted by Crippen LogP contribution is 2.40. The van der Waals surface area contributed by atoms with Gasteiger partial charge in [0.05, 0.1) is 20.3 Å². The maximum atomic E-state index is 11.8. The Labute approximate surface area is 133 Å². The van der Waals surface area contributed by atoms with Gasteiger partial charge in [-0.05, 0) is 36.7 Å². The molecule has 1 atom stereocenters. The normalized spacial score (nSPS) is 16.2. The number of esters is 2. The van der Waals surface area contributed by atoms with Crippen molar-refractivity contribution < 1.29 is 19.1 Å². The van der Waals surface area contributed by atoms with Crippen molar-refractivity contribution in [3.05, 3.63) is 21.6 Å². The van der Waals surface area contributed by atoms with E-state index in [1.54, 1.807) is 6.26 Å². The first-order chi connectivity index (χ1) is 10.5. The Morgan fingerprint density at radius 1 is 1.23 bits per heavy atom. The van der Waals surface area contributed by atoms with Gasteiger partial charge in [-0.15, -0.1) is 11.8 Å². The Morgan fingerprint density at radius 2 is 1.91 bits per heavy atom. The van der Waals surface area contributed by atoms with Crippen molar-refractivity contribution in [3.8, 4) is 12.1 Å². The van der Waals surface area contributed by atoms with E-state index in [1.807, 2.05) is 12.1 Å². The van der Waals surface area contributed by atoms with Gasteiger partial charge in [0.2, 0.25) is 0 Å². The van der Waals surface area contributed by atoms with Gasteiger partial charge in [0.25, 0.3) is 0 Å². The number of thioether (sulfide) groups is 1. The summed E-state index contributed by atoms with van der Waals surface area (Å²) in [6, 6.07) is 3.79. The first-order valence-corrected chi connectivity index (χ1v) is 7.74. The lowest BCUT2D eigenvalue weighted by Crippen LogP contribution is -2.17. The predicted molar refractivity (Wildman–Crippen MR) is 80.2 cm³/mol. The summed E-state index contributed by atoms with van der Waals surface area (Å²) in [6.07, 6.45) is 3.65. The van der Waals surface area contributed by atoms with E-state index in [9.17, 15) is 20.1 Å². The molecule has 7 heteroatoms. The molecule has 116 valence electrons. The number of ether oxygens (including phenoxy) is 2. The summed E-state index contributed by atoms with van der Waals surface area (Å²) in [5.74, 6) is -2.37. The maximum Gasteiger partial charge on any atom is 0.349 e. The van der Waals surface area contributed by atoms with Gasteiger partial charge >= 0.3 is 11.9 Å². The molecule has 1 aliphatic rings. The summed E-state index contributed by atoms with van der Waals surface area (Å²) in [5.41, 5.74) is 1.22. The molecule has 1 rings (SSSR count). The summed E-state index contributed by atoms with van der Waals surface area (Å²) >= 11 is 1.23. The van der Waals surface area contributed by atoms with Crippen molar-refractivity contribution in [2.45, 2.75) is 19.3 Å². The van der Waals surface area contributed by atoms with Crippen LogP contribution in [0.2, 0.25) is 0 Å². The minimum atomic E-state index is -1.01. The van der Waals surface area contributed by atoms with Gasteiger partial charge < -0.3 is 9.47 Å². The summed E-state index contributed by atoms with van der Waals surface area (Å²) < 4.78 is 9.28. The van der Waals surface area contributed by atoms with E-state index >= 15 is 0 Å². The standard InChI is InChI=1S/C15H16N2O4S/c1-20-14(18)11(7-16)9-5-4-6-10(9)13(22-3)12(8-17)15(19)21-2/h11H,4-6H2,1-3H3/b13-12+. The molecule has 0 heterocycles. The molecule has 0 fully saturated rings. The van der Waals surface area contributed by atoms with Gasteiger partial charge in [0, 0.05) is 4.91 Å². The van der Waals surface area contributed by atoms with E-state index in [0.717, 1.165) is 6.42 Å². The molecule has 0 aromatic carbocycles. The third kappa shape index (κ3) is 3.49. The fraction of sp³-hybridized carbons (Fsp3) is 0.467. The second kappa shape index (κ2) is 8.26. The van der Waals surface area contributed by atoms with Crippen LogP contribution in [0.1, 0.15) is 19.3 Å². The van der Waals surface area contributed by atoms with Gasteiger partial charge in [-0.25, -0.2) is 4.79 Å². The predicted octanol–water partition coefficient (Wildman–Crippen LogP) is 2.09. The molecule has 0 spiro atoms. The summed E-state index contributed by atoms with van der Waals surface area (Å²) in [4.78, 5) is 24.0. The Kier molecular flexibility index (Phi) is 6.68. The SMILES string of the molecule is COC(=O)/C(C#N)=C(/SC)C1=C(C(C#N)C(=O)OC)CCC1. The highest BCUT2D eigenvalue weighted by Gasteiger charge is 2.32. The third-order valence-corrected chi connectivity index (χ3v) is 4.24. The van der Waals surface area contributed by atoms with Crippen LogP contribution in [0.5, 0.6) is 0 Å². The lowest BCUT2D eigenvalue weighted by atomic mass is 9.96. The number of allylic oxidation sites excluding steroid dienone is 1. The first kappa shape index (κ1) is 17.8. The Hall–Kier alpha value is -2.25. The van der Waals surface area contributed by atoms with E-state index in [4.69, 9.17) is 0 Å². The minimum absolute atomic E-state index is 0.106. The average Bonchev–Trinajstić information content (AvgIpc) is 3.01. The molecule has 0 saturated heterocycles. The largest absolute Gasteiger partial charge is 0.468 e. The summed E-state index contributed by atoms with van der Waals surface area (Å²) in [5, 5.41) is 18.5. The maximum absolute atomic E-state index is 11.8. The Balaban J connectivity index is 3.47. The van der Waals surface area contributed by atoms with Crippen molar-refractivity contribution >= 4 is 23.7 Å². The number of nitriles is 2. The van der Waals surface area contributed by atoms with Crippen LogP contribution in [0.15, 0.2) is 21.6 Å². The minimum Gasteiger partial charge on any atom is -0.468 e. The Bertz CT molecular complexity index is 622. The number of carbonyl (C=O) groups is 2.